The van der Waals surface area contributed by atoms with Crippen LogP contribution in [-0.4, -0.2) is 17.6 Å². The van der Waals surface area contributed by atoms with Crippen LogP contribution in [0, 0.1) is 0 Å². The second-order valence-corrected chi connectivity index (χ2v) is 2.81. The highest BCUT2D eigenvalue weighted by Gasteiger charge is 2.07. The molecule has 0 fully saturated rings. The lowest BCUT2D eigenvalue weighted by atomic mass is 10.1. The molecule has 0 aromatic carbocycles. The molecule has 0 aliphatic rings. The van der Waals surface area contributed by atoms with Crippen molar-refractivity contribution in [3.63, 3.8) is 0 Å². The quantitative estimate of drug-likeness (QED) is 0.637. The van der Waals surface area contributed by atoms with Gasteiger partial charge in [0, 0.05) is 6.42 Å². The maximum atomic E-state index is 10.6. The lowest BCUT2D eigenvalue weighted by molar-refractivity contribution is -0.119. The van der Waals surface area contributed by atoms with Gasteiger partial charge in [-0.15, -0.1) is 0 Å². The predicted octanol–water partition coefficient (Wildman–Crippen LogP) is 0.662. The normalized spacial score (nSPS) is 12.6. The van der Waals surface area contributed by atoms with Crippen molar-refractivity contribution < 1.29 is 9.59 Å². The SMILES string of the molecule is CC(=O)CCC[C@H](N)C(C)=O. The van der Waals surface area contributed by atoms with Gasteiger partial charge in [-0.25, -0.2) is 0 Å². The first-order valence-corrected chi connectivity index (χ1v) is 3.79. The molecule has 0 spiro atoms. The molecule has 0 saturated carbocycles. The third-order valence-corrected chi connectivity index (χ3v) is 1.57. The van der Waals surface area contributed by atoms with E-state index in [0.29, 0.717) is 12.8 Å². The molecule has 0 aromatic rings. The fourth-order valence-corrected chi connectivity index (χ4v) is 0.774. The molecule has 1 atom stereocenters. The smallest absolute Gasteiger partial charge is 0.146 e. The minimum atomic E-state index is -0.380. The second kappa shape index (κ2) is 5.02. The Kier molecular flexibility index (Phi) is 4.70. The summed E-state index contributed by atoms with van der Waals surface area (Å²) in [6.45, 7) is 3.01. The van der Waals surface area contributed by atoms with Crippen LogP contribution in [0.15, 0.2) is 0 Å². The fraction of sp³-hybridized carbons (Fsp3) is 0.750. The van der Waals surface area contributed by atoms with Gasteiger partial charge >= 0.3 is 0 Å². The van der Waals surface area contributed by atoms with E-state index in [-0.39, 0.29) is 17.6 Å². The van der Waals surface area contributed by atoms with Crippen LogP contribution in [0.5, 0.6) is 0 Å². The van der Waals surface area contributed by atoms with Gasteiger partial charge < -0.3 is 10.5 Å². The second-order valence-electron chi connectivity index (χ2n) is 2.81. The van der Waals surface area contributed by atoms with Crippen LogP contribution in [0.2, 0.25) is 0 Å². The number of hydrogen-bond donors (Lipinski definition) is 1. The zero-order chi connectivity index (χ0) is 8.85. The monoisotopic (exact) mass is 157 g/mol. The lowest BCUT2D eigenvalue weighted by Gasteiger charge is -2.04. The summed E-state index contributed by atoms with van der Waals surface area (Å²) in [5.41, 5.74) is 5.44. The standard InChI is InChI=1S/C8H15NO2/c1-6(10)4-3-5-8(9)7(2)11/h8H,3-5,9H2,1-2H3/t8-/m0/s1. The van der Waals surface area contributed by atoms with Crippen molar-refractivity contribution in [3.8, 4) is 0 Å². The van der Waals surface area contributed by atoms with Crippen LogP contribution in [0.25, 0.3) is 0 Å². The largest absolute Gasteiger partial charge is 0.322 e. The molecule has 0 heterocycles. The van der Waals surface area contributed by atoms with Gasteiger partial charge in [-0.05, 0) is 26.7 Å². The van der Waals surface area contributed by atoms with E-state index in [0.717, 1.165) is 6.42 Å². The van der Waals surface area contributed by atoms with Gasteiger partial charge in [0.2, 0.25) is 0 Å². The molecule has 0 aromatic heterocycles. The zero-order valence-corrected chi connectivity index (χ0v) is 7.09. The zero-order valence-electron chi connectivity index (χ0n) is 7.09. The topological polar surface area (TPSA) is 60.2 Å². The van der Waals surface area contributed by atoms with Crippen LogP contribution >= 0.6 is 0 Å². The Labute approximate surface area is 67.0 Å². The summed E-state index contributed by atoms with van der Waals surface area (Å²) < 4.78 is 0. The third-order valence-electron chi connectivity index (χ3n) is 1.57. The van der Waals surface area contributed by atoms with Crippen molar-refractivity contribution >= 4 is 11.6 Å². The van der Waals surface area contributed by atoms with E-state index in [1.165, 1.54) is 6.92 Å². The molecule has 0 rings (SSSR count). The molecular formula is C8H15NO2. The first-order valence-electron chi connectivity index (χ1n) is 3.79. The van der Waals surface area contributed by atoms with E-state index >= 15 is 0 Å². The summed E-state index contributed by atoms with van der Waals surface area (Å²) in [5.74, 6) is 0.148. The van der Waals surface area contributed by atoms with E-state index in [1.807, 2.05) is 0 Å². The van der Waals surface area contributed by atoms with Crippen molar-refractivity contribution in [2.24, 2.45) is 5.73 Å². The van der Waals surface area contributed by atoms with Crippen molar-refractivity contribution in [1.29, 1.82) is 0 Å². The van der Waals surface area contributed by atoms with E-state index in [9.17, 15) is 9.59 Å². The Balaban J connectivity index is 3.39. The molecule has 0 radical (unpaired) electrons. The van der Waals surface area contributed by atoms with Crippen molar-refractivity contribution in [3.05, 3.63) is 0 Å². The molecule has 0 aliphatic heterocycles. The van der Waals surface area contributed by atoms with Crippen molar-refractivity contribution in [2.75, 3.05) is 0 Å². The molecule has 11 heavy (non-hydrogen) atoms. The Hall–Kier alpha value is -0.700. The molecule has 2 N–H and O–H groups in total. The Morgan fingerprint density at radius 2 is 1.91 bits per heavy atom. The Bertz CT molecular complexity index is 154. The highest BCUT2D eigenvalue weighted by molar-refractivity contribution is 5.81. The third kappa shape index (κ3) is 5.73. The Morgan fingerprint density at radius 3 is 2.27 bits per heavy atom. The fourth-order valence-electron chi connectivity index (χ4n) is 0.774. The summed E-state index contributed by atoms with van der Waals surface area (Å²) in [6.07, 6.45) is 1.87. The number of carbonyl (C=O) groups is 2. The van der Waals surface area contributed by atoms with Gasteiger partial charge in [-0.1, -0.05) is 0 Å². The summed E-state index contributed by atoms with van der Waals surface area (Å²) in [7, 11) is 0. The number of Topliss-reactive ketones (excluding diaryl/α,β-unsaturated/α-hetero) is 2. The highest BCUT2D eigenvalue weighted by Crippen LogP contribution is 1.99. The average molecular weight is 157 g/mol. The van der Waals surface area contributed by atoms with Crippen molar-refractivity contribution in [2.45, 2.75) is 39.2 Å². The van der Waals surface area contributed by atoms with Gasteiger partial charge in [0.15, 0.2) is 0 Å². The molecule has 0 saturated heterocycles. The summed E-state index contributed by atoms with van der Waals surface area (Å²) in [4.78, 5) is 21.1. The number of ketones is 2. The lowest BCUT2D eigenvalue weighted by Crippen LogP contribution is -2.28. The van der Waals surface area contributed by atoms with E-state index < -0.39 is 0 Å². The van der Waals surface area contributed by atoms with E-state index in [4.69, 9.17) is 5.73 Å². The molecule has 0 bridgehead atoms. The van der Waals surface area contributed by atoms with Gasteiger partial charge in [0.05, 0.1) is 6.04 Å². The first-order chi connectivity index (χ1) is 5.04. The minimum Gasteiger partial charge on any atom is -0.322 e. The molecule has 0 aliphatic carbocycles. The predicted molar refractivity (Wildman–Crippen MR) is 43.2 cm³/mol. The summed E-state index contributed by atoms with van der Waals surface area (Å²) in [6, 6.07) is -0.380. The number of rotatable bonds is 5. The van der Waals surface area contributed by atoms with Gasteiger partial charge in [0.25, 0.3) is 0 Å². The van der Waals surface area contributed by atoms with Crippen LogP contribution in [0.3, 0.4) is 0 Å². The summed E-state index contributed by atoms with van der Waals surface area (Å²) in [5, 5.41) is 0. The molecule has 3 nitrogen and oxygen atoms in total. The summed E-state index contributed by atoms with van der Waals surface area (Å²) >= 11 is 0. The van der Waals surface area contributed by atoms with Gasteiger partial charge in [0.1, 0.15) is 11.6 Å². The molecule has 0 amide bonds. The first kappa shape index (κ1) is 10.3. The van der Waals surface area contributed by atoms with Gasteiger partial charge in [-0.2, -0.15) is 0 Å². The van der Waals surface area contributed by atoms with Crippen LogP contribution in [0.4, 0.5) is 0 Å². The average Bonchev–Trinajstić information content (AvgIpc) is 1.86. The molecule has 0 unspecified atom stereocenters. The minimum absolute atomic E-state index is 0.00597. The number of carbonyl (C=O) groups excluding carboxylic acids is 2. The maximum Gasteiger partial charge on any atom is 0.146 e. The Morgan fingerprint density at radius 1 is 1.36 bits per heavy atom. The van der Waals surface area contributed by atoms with Crippen molar-refractivity contribution in [1.82, 2.24) is 0 Å². The van der Waals surface area contributed by atoms with Crippen LogP contribution < -0.4 is 5.73 Å². The molecule has 3 heteroatoms. The van der Waals surface area contributed by atoms with Gasteiger partial charge in [-0.3, -0.25) is 4.79 Å². The highest BCUT2D eigenvalue weighted by atomic mass is 16.1. The van der Waals surface area contributed by atoms with Crippen LogP contribution in [0.1, 0.15) is 33.1 Å². The van der Waals surface area contributed by atoms with E-state index in [2.05, 4.69) is 0 Å². The molecular weight excluding hydrogens is 142 g/mol. The maximum absolute atomic E-state index is 10.6. The number of hydrogen-bond acceptors (Lipinski definition) is 3. The number of nitrogens with two attached hydrogens (primary N) is 1. The molecule has 64 valence electrons. The van der Waals surface area contributed by atoms with Crippen LogP contribution in [-0.2, 0) is 9.59 Å². The van der Waals surface area contributed by atoms with E-state index in [1.54, 1.807) is 6.92 Å².